The molecule has 17 heavy (non-hydrogen) atoms. The molecule has 1 heterocycles. The number of carboxylic acids is 1. The fourth-order valence-electron chi connectivity index (χ4n) is 2.31. The van der Waals surface area contributed by atoms with Crippen molar-refractivity contribution in [2.45, 2.75) is 25.3 Å². The van der Waals surface area contributed by atoms with Crippen LogP contribution in [-0.2, 0) is 11.2 Å². The molecular weight excluding hydrogens is 238 g/mol. The summed E-state index contributed by atoms with van der Waals surface area (Å²) in [5.41, 5.74) is 0.983. The van der Waals surface area contributed by atoms with Gasteiger partial charge in [-0.3, -0.25) is 9.69 Å². The number of hydrogen-bond acceptors (Lipinski definition) is 2. The van der Waals surface area contributed by atoms with E-state index >= 15 is 0 Å². The van der Waals surface area contributed by atoms with Crippen LogP contribution in [-0.4, -0.2) is 35.1 Å². The van der Waals surface area contributed by atoms with Crippen molar-refractivity contribution in [1.82, 2.24) is 4.90 Å². The van der Waals surface area contributed by atoms with Gasteiger partial charge in [-0.2, -0.15) is 0 Å². The summed E-state index contributed by atoms with van der Waals surface area (Å²) < 4.78 is 0. The molecule has 1 aromatic rings. The quantitative estimate of drug-likeness (QED) is 0.896. The Balaban J connectivity index is 2.09. The third kappa shape index (κ3) is 3.20. The van der Waals surface area contributed by atoms with Crippen molar-refractivity contribution in [1.29, 1.82) is 0 Å². The third-order valence-corrected chi connectivity index (χ3v) is 3.42. The lowest BCUT2D eigenvalue weighted by Crippen LogP contribution is -2.40. The summed E-state index contributed by atoms with van der Waals surface area (Å²) in [4.78, 5) is 13.3. The second-order valence-corrected chi connectivity index (χ2v) is 4.87. The lowest BCUT2D eigenvalue weighted by Gasteiger charge is -2.23. The third-order valence-electron chi connectivity index (χ3n) is 3.18. The van der Waals surface area contributed by atoms with Gasteiger partial charge in [0.25, 0.3) is 0 Å². The number of nitrogens with zero attached hydrogens (tertiary/aromatic N) is 1. The highest BCUT2D eigenvalue weighted by molar-refractivity contribution is 6.30. The van der Waals surface area contributed by atoms with E-state index in [1.807, 2.05) is 23.1 Å². The van der Waals surface area contributed by atoms with Crippen LogP contribution in [0, 0.1) is 0 Å². The Morgan fingerprint density at radius 3 is 2.71 bits per heavy atom. The van der Waals surface area contributed by atoms with Gasteiger partial charge in [-0.05, 0) is 50.0 Å². The van der Waals surface area contributed by atoms with Crippen molar-refractivity contribution in [3.63, 3.8) is 0 Å². The fourth-order valence-corrected chi connectivity index (χ4v) is 2.53. The Morgan fingerprint density at radius 1 is 1.41 bits per heavy atom. The van der Waals surface area contributed by atoms with Crippen LogP contribution < -0.4 is 0 Å². The lowest BCUT2D eigenvalue weighted by molar-refractivity contribution is -0.142. The van der Waals surface area contributed by atoms with Crippen LogP contribution in [0.2, 0.25) is 5.02 Å². The first-order valence-electron chi connectivity index (χ1n) is 5.88. The molecule has 1 fully saturated rings. The average molecular weight is 254 g/mol. The standard InChI is InChI=1S/C13H16ClNO2/c14-11-5-3-4-10(8-11)9-12(13(16)17)15-6-1-2-7-15/h3-5,8,12H,1-2,6-7,9H2,(H,16,17). The van der Waals surface area contributed by atoms with Gasteiger partial charge >= 0.3 is 5.97 Å². The Labute approximate surface area is 106 Å². The summed E-state index contributed by atoms with van der Waals surface area (Å²) in [6, 6.07) is 7.01. The van der Waals surface area contributed by atoms with E-state index in [1.165, 1.54) is 0 Å². The van der Waals surface area contributed by atoms with E-state index in [1.54, 1.807) is 6.07 Å². The van der Waals surface area contributed by atoms with Crippen LogP contribution in [0.4, 0.5) is 0 Å². The van der Waals surface area contributed by atoms with Gasteiger partial charge in [0.05, 0.1) is 0 Å². The molecule has 0 radical (unpaired) electrons. The summed E-state index contributed by atoms with van der Waals surface area (Å²) in [7, 11) is 0. The van der Waals surface area contributed by atoms with E-state index < -0.39 is 12.0 Å². The summed E-state index contributed by atoms with van der Waals surface area (Å²) >= 11 is 5.91. The monoisotopic (exact) mass is 253 g/mol. The van der Waals surface area contributed by atoms with Crippen molar-refractivity contribution >= 4 is 17.6 Å². The van der Waals surface area contributed by atoms with Crippen molar-refractivity contribution in [2.75, 3.05) is 13.1 Å². The van der Waals surface area contributed by atoms with E-state index in [4.69, 9.17) is 11.6 Å². The molecule has 2 rings (SSSR count). The Morgan fingerprint density at radius 2 is 2.12 bits per heavy atom. The topological polar surface area (TPSA) is 40.5 Å². The maximum atomic E-state index is 11.3. The predicted molar refractivity (Wildman–Crippen MR) is 67.4 cm³/mol. The van der Waals surface area contributed by atoms with Gasteiger partial charge in [-0.15, -0.1) is 0 Å². The van der Waals surface area contributed by atoms with Gasteiger partial charge in [-0.1, -0.05) is 23.7 Å². The van der Waals surface area contributed by atoms with Crippen LogP contribution in [0.15, 0.2) is 24.3 Å². The number of benzene rings is 1. The first-order chi connectivity index (χ1) is 8.16. The average Bonchev–Trinajstić information content (AvgIpc) is 2.78. The number of rotatable bonds is 4. The number of likely N-dealkylation sites (tertiary alicyclic amines) is 1. The molecule has 1 aromatic carbocycles. The zero-order valence-electron chi connectivity index (χ0n) is 9.60. The van der Waals surface area contributed by atoms with Crippen LogP contribution >= 0.6 is 11.6 Å². The molecule has 4 heteroatoms. The second kappa shape index (κ2) is 5.52. The number of aliphatic carboxylic acids is 1. The summed E-state index contributed by atoms with van der Waals surface area (Å²) in [5.74, 6) is -0.744. The first kappa shape index (κ1) is 12.4. The van der Waals surface area contributed by atoms with Gasteiger partial charge in [0.2, 0.25) is 0 Å². The lowest BCUT2D eigenvalue weighted by atomic mass is 10.1. The summed E-state index contributed by atoms with van der Waals surface area (Å²) in [5, 5.41) is 9.95. The Bertz CT molecular complexity index is 402. The zero-order valence-corrected chi connectivity index (χ0v) is 10.4. The molecule has 92 valence electrons. The second-order valence-electron chi connectivity index (χ2n) is 4.43. The molecule has 0 aliphatic carbocycles. The molecule has 0 saturated carbocycles. The highest BCUT2D eigenvalue weighted by Crippen LogP contribution is 2.18. The highest BCUT2D eigenvalue weighted by atomic mass is 35.5. The molecule has 1 aliphatic heterocycles. The minimum Gasteiger partial charge on any atom is -0.480 e. The van der Waals surface area contributed by atoms with E-state index in [2.05, 4.69) is 0 Å². The molecule has 1 N–H and O–H groups in total. The van der Waals surface area contributed by atoms with Crippen LogP contribution in [0.5, 0.6) is 0 Å². The van der Waals surface area contributed by atoms with Crippen LogP contribution in [0.3, 0.4) is 0 Å². The summed E-state index contributed by atoms with van der Waals surface area (Å²) in [6.07, 6.45) is 2.72. The van der Waals surface area contributed by atoms with E-state index in [0.29, 0.717) is 11.4 Å². The maximum Gasteiger partial charge on any atom is 0.321 e. The van der Waals surface area contributed by atoms with Crippen molar-refractivity contribution in [2.24, 2.45) is 0 Å². The van der Waals surface area contributed by atoms with Crippen molar-refractivity contribution in [3.8, 4) is 0 Å². The minimum atomic E-state index is -0.744. The highest BCUT2D eigenvalue weighted by Gasteiger charge is 2.27. The zero-order chi connectivity index (χ0) is 12.3. The van der Waals surface area contributed by atoms with E-state index in [0.717, 1.165) is 31.5 Å². The Hall–Kier alpha value is -1.06. The molecule has 0 spiro atoms. The van der Waals surface area contributed by atoms with Crippen LogP contribution in [0.1, 0.15) is 18.4 Å². The normalized spacial score (nSPS) is 18.2. The van der Waals surface area contributed by atoms with E-state index in [-0.39, 0.29) is 0 Å². The Kier molecular flexibility index (Phi) is 4.02. The van der Waals surface area contributed by atoms with Gasteiger partial charge in [0, 0.05) is 5.02 Å². The van der Waals surface area contributed by atoms with Crippen molar-refractivity contribution < 1.29 is 9.90 Å². The minimum absolute atomic E-state index is 0.420. The molecule has 0 bridgehead atoms. The number of halogens is 1. The molecule has 1 saturated heterocycles. The predicted octanol–water partition coefficient (Wildman–Crippen LogP) is 2.43. The molecule has 0 amide bonds. The maximum absolute atomic E-state index is 11.3. The summed E-state index contributed by atoms with van der Waals surface area (Å²) in [6.45, 7) is 1.77. The number of carbonyl (C=O) groups is 1. The SMILES string of the molecule is O=C(O)C(Cc1cccc(Cl)c1)N1CCCC1. The molecule has 0 aromatic heterocycles. The van der Waals surface area contributed by atoms with Gasteiger partial charge in [0.1, 0.15) is 6.04 Å². The molecule has 1 atom stereocenters. The van der Waals surface area contributed by atoms with Gasteiger partial charge in [-0.25, -0.2) is 0 Å². The molecule has 1 aliphatic rings. The molecule has 1 unspecified atom stereocenters. The van der Waals surface area contributed by atoms with Gasteiger partial charge in [0.15, 0.2) is 0 Å². The van der Waals surface area contributed by atoms with Crippen molar-refractivity contribution in [3.05, 3.63) is 34.9 Å². The number of carboxylic acid groups (broad SMARTS) is 1. The largest absolute Gasteiger partial charge is 0.480 e. The number of hydrogen-bond donors (Lipinski definition) is 1. The van der Waals surface area contributed by atoms with Crippen LogP contribution in [0.25, 0.3) is 0 Å². The first-order valence-corrected chi connectivity index (χ1v) is 6.26. The smallest absolute Gasteiger partial charge is 0.321 e. The fraction of sp³-hybridized carbons (Fsp3) is 0.462. The molecule has 3 nitrogen and oxygen atoms in total. The molecular formula is C13H16ClNO2. The van der Waals surface area contributed by atoms with E-state index in [9.17, 15) is 9.90 Å². The van der Waals surface area contributed by atoms with Gasteiger partial charge < -0.3 is 5.11 Å².